The highest BCUT2D eigenvalue weighted by molar-refractivity contribution is 7.80. The topological polar surface area (TPSA) is 40.9 Å². The van der Waals surface area contributed by atoms with Crippen molar-refractivity contribution >= 4 is 23.0 Å². The zero-order valence-electron chi connectivity index (χ0n) is 16.0. The Hall–Kier alpha value is -2.10. The third-order valence-corrected chi connectivity index (χ3v) is 5.02. The highest BCUT2D eigenvalue weighted by atomic mass is 32.1. The number of halogens is 3. The lowest BCUT2D eigenvalue weighted by atomic mass is 10.2. The van der Waals surface area contributed by atoms with E-state index < -0.39 is 11.7 Å². The number of rotatable bonds is 7. The number of benzene rings is 1. The Kier molecular flexibility index (Phi) is 7.51. The first-order valence-electron chi connectivity index (χ1n) is 9.47. The number of ether oxygens (including phenoxy) is 1. The van der Waals surface area contributed by atoms with Crippen molar-refractivity contribution in [3.63, 3.8) is 0 Å². The molecule has 5 nitrogen and oxygen atoms in total. The summed E-state index contributed by atoms with van der Waals surface area (Å²) < 4.78 is 49.7. The van der Waals surface area contributed by atoms with Crippen molar-refractivity contribution in [3.8, 4) is 0 Å². The molecule has 1 aliphatic rings. The van der Waals surface area contributed by atoms with Gasteiger partial charge < -0.3 is 19.4 Å². The monoisotopic (exact) mass is 427 g/mol. The summed E-state index contributed by atoms with van der Waals surface area (Å²) in [5.74, 6) is 0.740. The standard InChI is InChI=1S/C20H24F3N3O2S/c21-20(22,23)16-4-1-5-17(14-16)24-19(29)26(15-18-6-2-11-28-18)8-3-7-25-9-12-27-13-10-25/h1-2,4-6,11,14H,3,7-10,12-13,15H2,(H,24,29). The average molecular weight is 427 g/mol. The number of anilines is 1. The SMILES string of the molecule is FC(F)(F)c1cccc(NC(=S)N(CCCN2CCOCC2)Cc2ccco2)c1. The Morgan fingerprint density at radius 1 is 1.17 bits per heavy atom. The lowest BCUT2D eigenvalue weighted by Crippen LogP contribution is -2.40. The van der Waals surface area contributed by atoms with Gasteiger partial charge in [0.1, 0.15) is 5.76 Å². The highest BCUT2D eigenvalue weighted by Crippen LogP contribution is 2.30. The zero-order chi connectivity index (χ0) is 20.7. The molecule has 0 spiro atoms. The number of furan rings is 1. The molecule has 0 aliphatic carbocycles. The predicted octanol–water partition coefficient (Wildman–Crippen LogP) is 4.22. The molecule has 1 aromatic carbocycles. The fourth-order valence-corrected chi connectivity index (χ4v) is 3.40. The molecule has 9 heteroatoms. The summed E-state index contributed by atoms with van der Waals surface area (Å²) in [6.45, 7) is 5.31. The van der Waals surface area contributed by atoms with Crippen LogP contribution in [0.1, 0.15) is 17.7 Å². The van der Waals surface area contributed by atoms with Crippen molar-refractivity contribution < 1.29 is 22.3 Å². The van der Waals surface area contributed by atoms with Crippen molar-refractivity contribution in [1.82, 2.24) is 9.80 Å². The van der Waals surface area contributed by atoms with E-state index in [-0.39, 0.29) is 0 Å². The van der Waals surface area contributed by atoms with Crippen LogP contribution in [0, 0.1) is 0 Å². The Morgan fingerprint density at radius 2 is 1.97 bits per heavy atom. The Balaban J connectivity index is 1.62. The van der Waals surface area contributed by atoms with Gasteiger partial charge in [-0.2, -0.15) is 13.2 Å². The first kappa shape index (κ1) is 21.6. The number of thiocarbonyl (C=S) groups is 1. The second-order valence-electron chi connectivity index (χ2n) is 6.82. The van der Waals surface area contributed by atoms with Crippen LogP contribution in [0.2, 0.25) is 0 Å². The molecule has 2 aromatic rings. The van der Waals surface area contributed by atoms with E-state index in [1.807, 2.05) is 11.0 Å². The molecule has 0 atom stereocenters. The largest absolute Gasteiger partial charge is 0.467 e. The minimum atomic E-state index is -4.40. The predicted molar refractivity (Wildman–Crippen MR) is 109 cm³/mol. The molecular weight excluding hydrogens is 403 g/mol. The third-order valence-electron chi connectivity index (χ3n) is 4.66. The lowest BCUT2D eigenvalue weighted by Gasteiger charge is -2.29. The third kappa shape index (κ3) is 6.73. The second kappa shape index (κ2) is 10.1. The summed E-state index contributed by atoms with van der Waals surface area (Å²) >= 11 is 5.50. The van der Waals surface area contributed by atoms with Crippen molar-refractivity contribution in [2.75, 3.05) is 44.7 Å². The molecule has 2 heterocycles. The van der Waals surface area contributed by atoms with Gasteiger partial charge in [-0.15, -0.1) is 0 Å². The van der Waals surface area contributed by atoms with Gasteiger partial charge in [-0.1, -0.05) is 6.07 Å². The van der Waals surface area contributed by atoms with E-state index in [0.717, 1.165) is 57.2 Å². The second-order valence-corrected chi connectivity index (χ2v) is 7.20. The Labute approximate surface area is 173 Å². The molecule has 0 radical (unpaired) electrons. The number of nitrogens with one attached hydrogen (secondary N) is 1. The fourth-order valence-electron chi connectivity index (χ4n) is 3.13. The van der Waals surface area contributed by atoms with Gasteiger partial charge in [-0.3, -0.25) is 4.90 Å². The number of nitrogens with zero attached hydrogens (tertiary/aromatic N) is 2. The van der Waals surface area contributed by atoms with Crippen LogP contribution in [0.3, 0.4) is 0 Å². The summed E-state index contributed by atoms with van der Waals surface area (Å²) in [4.78, 5) is 4.24. The quantitative estimate of drug-likeness (QED) is 0.668. The minimum absolute atomic E-state index is 0.308. The van der Waals surface area contributed by atoms with Crippen molar-refractivity contribution in [2.45, 2.75) is 19.1 Å². The van der Waals surface area contributed by atoms with Gasteiger partial charge in [0.2, 0.25) is 0 Å². The Bertz CT molecular complexity index is 778. The number of hydrogen-bond donors (Lipinski definition) is 1. The molecular formula is C20H24F3N3O2S. The van der Waals surface area contributed by atoms with E-state index in [2.05, 4.69) is 10.2 Å². The van der Waals surface area contributed by atoms with Gasteiger partial charge in [0, 0.05) is 31.9 Å². The van der Waals surface area contributed by atoms with Gasteiger partial charge in [0.25, 0.3) is 0 Å². The average Bonchev–Trinajstić information content (AvgIpc) is 3.21. The molecule has 1 fully saturated rings. The minimum Gasteiger partial charge on any atom is -0.467 e. The first-order valence-corrected chi connectivity index (χ1v) is 9.88. The smallest absolute Gasteiger partial charge is 0.416 e. The van der Waals surface area contributed by atoms with Crippen molar-refractivity contribution in [3.05, 3.63) is 54.0 Å². The molecule has 158 valence electrons. The molecule has 0 bridgehead atoms. The van der Waals surface area contributed by atoms with Crippen LogP contribution >= 0.6 is 12.2 Å². The number of hydrogen-bond acceptors (Lipinski definition) is 4. The highest BCUT2D eigenvalue weighted by Gasteiger charge is 2.30. The van der Waals surface area contributed by atoms with E-state index in [4.69, 9.17) is 21.4 Å². The van der Waals surface area contributed by atoms with Crippen LogP contribution in [0.25, 0.3) is 0 Å². The maximum atomic E-state index is 13.0. The normalized spacial score (nSPS) is 15.3. The molecule has 1 saturated heterocycles. The van der Waals surface area contributed by atoms with Crippen LogP contribution in [0.4, 0.5) is 18.9 Å². The van der Waals surface area contributed by atoms with Gasteiger partial charge in [0.05, 0.1) is 31.6 Å². The maximum absolute atomic E-state index is 13.0. The van der Waals surface area contributed by atoms with Crippen molar-refractivity contribution in [1.29, 1.82) is 0 Å². The van der Waals surface area contributed by atoms with Crippen LogP contribution in [-0.4, -0.2) is 54.3 Å². The molecule has 1 aromatic heterocycles. The van der Waals surface area contributed by atoms with Gasteiger partial charge in [-0.25, -0.2) is 0 Å². The maximum Gasteiger partial charge on any atom is 0.416 e. The van der Waals surface area contributed by atoms with Gasteiger partial charge >= 0.3 is 6.18 Å². The molecule has 1 aliphatic heterocycles. The summed E-state index contributed by atoms with van der Waals surface area (Å²) in [7, 11) is 0. The molecule has 0 saturated carbocycles. The van der Waals surface area contributed by atoms with Gasteiger partial charge in [-0.05, 0) is 49.0 Å². The fraction of sp³-hybridized carbons (Fsp3) is 0.450. The van der Waals surface area contributed by atoms with E-state index in [1.54, 1.807) is 18.4 Å². The molecule has 0 unspecified atom stereocenters. The van der Waals surface area contributed by atoms with Crippen LogP contribution in [0.15, 0.2) is 47.1 Å². The van der Waals surface area contributed by atoms with E-state index >= 15 is 0 Å². The summed E-state index contributed by atoms with van der Waals surface area (Å²) in [6.07, 6.45) is -1.94. The van der Waals surface area contributed by atoms with Crippen LogP contribution < -0.4 is 5.32 Å². The van der Waals surface area contributed by atoms with Gasteiger partial charge in [0.15, 0.2) is 5.11 Å². The summed E-state index contributed by atoms with van der Waals surface area (Å²) in [6, 6.07) is 8.68. The zero-order valence-corrected chi connectivity index (χ0v) is 16.8. The van der Waals surface area contributed by atoms with E-state index in [0.29, 0.717) is 23.9 Å². The molecule has 0 amide bonds. The number of morpholine rings is 1. The lowest BCUT2D eigenvalue weighted by molar-refractivity contribution is -0.137. The molecule has 1 N–H and O–H groups in total. The van der Waals surface area contributed by atoms with E-state index in [9.17, 15) is 13.2 Å². The summed E-state index contributed by atoms with van der Waals surface area (Å²) in [5, 5.41) is 3.30. The number of alkyl halides is 3. The summed E-state index contributed by atoms with van der Waals surface area (Å²) in [5.41, 5.74) is -0.405. The Morgan fingerprint density at radius 3 is 2.66 bits per heavy atom. The van der Waals surface area contributed by atoms with Crippen LogP contribution in [0.5, 0.6) is 0 Å². The van der Waals surface area contributed by atoms with Crippen LogP contribution in [-0.2, 0) is 17.5 Å². The molecule has 3 rings (SSSR count). The first-order chi connectivity index (χ1) is 13.9. The van der Waals surface area contributed by atoms with Crippen molar-refractivity contribution in [2.24, 2.45) is 0 Å². The molecule has 29 heavy (non-hydrogen) atoms. The van der Waals surface area contributed by atoms with E-state index in [1.165, 1.54) is 6.07 Å².